The second-order valence-corrected chi connectivity index (χ2v) is 6.58. The van der Waals surface area contributed by atoms with Crippen LogP contribution in [0.4, 0.5) is 0 Å². The molecule has 8 heteroatoms. The maximum Gasteiger partial charge on any atom is 0.491 e. The van der Waals surface area contributed by atoms with Gasteiger partial charge >= 0.3 is 7.82 Å². The molecule has 0 fully saturated rings. The molecule has 7 nitrogen and oxygen atoms in total. The second kappa shape index (κ2) is 5.79. The zero-order chi connectivity index (χ0) is 17.6. The predicted octanol–water partition coefficient (Wildman–Crippen LogP) is 2.58. The van der Waals surface area contributed by atoms with Gasteiger partial charge in [0.25, 0.3) is 11.8 Å². The first-order valence-electron chi connectivity index (χ1n) is 7.50. The topological polar surface area (TPSA) is 104 Å². The number of rotatable bonds is 4. The molecule has 0 saturated heterocycles. The van der Waals surface area contributed by atoms with Crippen molar-refractivity contribution in [3.63, 3.8) is 0 Å². The number of hydrogen-bond donors (Lipinski definition) is 2. The Labute approximate surface area is 138 Å². The summed E-state index contributed by atoms with van der Waals surface area (Å²) in [5, 5.41) is 1.61. The van der Waals surface area contributed by atoms with Gasteiger partial charge in [0, 0.05) is 0 Å². The van der Waals surface area contributed by atoms with E-state index < -0.39 is 19.6 Å². The molecule has 0 unspecified atom stereocenters. The molecule has 1 aliphatic heterocycles. The first-order valence-corrected chi connectivity index (χ1v) is 9.03. The van der Waals surface area contributed by atoms with Crippen LogP contribution < -0.4 is 0 Å². The fourth-order valence-corrected chi connectivity index (χ4v) is 3.65. The summed E-state index contributed by atoms with van der Waals surface area (Å²) in [6, 6.07) is 7.19. The number of imide groups is 1. The number of carbonyl (C=O) groups excluding carboxylic acids is 2. The molecule has 0 bridgehead atoms. The van der Waals surface area contributed by atoms with Crippen LogP contribution in [0.3, 0.4) is 0 Å². The standard InChI is InChI=1S/C16H16NO6P/c1-3-9-10(4-2)13-14(12-8-6-5-7-11(9)12)16(19)17(15(13)18)23-24(20,21)22/h5-8H,3-4H2,1-2H3,(H2,20,21,22). The normalized spacial score (nSPS) is 14.6. The predicted molar refractivity (Wildman–Crippen MR) is 86.3 cm³/mol. The van der Waals surface area contributed by atoms with E-state index >= 15 is 0 Å². The van der Waals surface area contributed by atoms with Gasteiger partial charge in [0.05, 0.1) is 11.1 Å². The first-order chi connectivity index (χ1) is 11.3. The van der Waals surface area contributed by atoms with Gasteiger partial charge in [0.2, 0.25) is 0 Å². The quantitative estimate of drug-likeness (QED) is 0.649. The van der Waals surface area contributed by atoms with E-state index in [1.165, 1.54) is 0 Å². The minimum absolute atomic E-state index is 0.137. The molecule has 0 aromatic heterocycles. The average molecular weight is 349 g/mol. The lowest BCUT2D eigenvalue weighted by molar-refractivity contribution is -0.0310. The highest BCUT2D eigenvalue weighted by atomic mass is 31.2. The minimum Gasteiger partial charge on any atom is -0.301 e. The highest BCUT2D eigenvalue weighted by molar-refractivity contribution is 7.46. The Kier molecular flexibility index (Phi) is 4.05. The van der Waals surface area contributed by atoms with E-state index in [1.807, 2.05) is 26.0 Å². The molecular weight excluding hydrogens is 333 g/mol. The fraction of sp³-hybridized carbons (Fsp3) is 0.250. The van der Waals surface area contributed by atoms with Crippen molar-refractivity contribution >= 4 is 30.4 Å². The van der Waals surface area contributed by atoms with E-state index in [0.717, 1.165) is 10.9 Å². The number of hydrogen-bond acceptors (Lipinski definition) is 4. The van der Waals surface area contributed by atoms with Crippen molar-refractivity contribution in [2.45, 2.75) is 26.7 Å². The summed E-state index contributed by atoms with van der Waals surface area (Å²) in [4.78, 5) is 43.2. The van der Waals surface area contributed by atoms with Gasteiger partial charge in [0.1, 0.15) is 0 Å². The van der Waals surface area contributed by atoms with Crippen LogP contribution in [0, 0.1) is 0 Å². The monoisotopic (exact) mass is 349 g/mol. The highest BCUT2D eigenvalue weighted by Gasteiger charge is 2.43. The Morgan fingerprint density at radius 1 is 0.958 bits per heavy atom. The third-order valence-corrected chi connectivity index (χ3v) is 4.51. The molecular formula is C16H16NO6P. The van der Waals surface area contributed by atoms with Crippen LogP contribution in [-0.4, -0.2) is 26.7 Å². The van der Waals surface area contributed by atoms with Gasteiger partial charge in [-0.05, 0) is 34.7 Å². The van der Waals surface area contributed by atoms with Crippen LogP contribution in [0.15, 0.2) is 24.3 Å². The highest BCUT2D eigenvalue weighted by Crippen LogP contribution is 2.43. The van der Waals surface area contributed by atoms with Crippen LogP contribution in [-0.2, 0) is 22.0 Å². The average Bonchev–Trinajstić information content (AvgIpc) is 2.77. The van der Waals surface area contributed by atoms with Gasteiger partial charge in [-0.2, -0.15) is 4.62 Å². The second-order valence-electron chi connectivity index (χ2n) is 5.44. The molecule has 0 atom stereocenters. The smallest absolute Gasteiger partial charge is 0.301 e. The zero-order valence-electron chi connectivity index (χ0n) is 13.1. The largest absolute Gasteiger partial charge is 0.491 e. The molecule has 1 heterocycles. The van der Waals surface area contributed by atoms with Crippen LogP contribution in [0.5, 0.6) is 0 Å². The van der Waals surface area contributed by atoms with E-state index in [4.69, 9.17) is 9.79 Å². The lowest BCUT2D eigenvalue weighted by atomic mass is 9.88. The van der Waals surface area contributed by atoms with Gasteiger partial charge in [-0.15, -0.1) is 5.06 Å². The van der Waals surface area contributed by atoms with E-state index in [9.17, 15) is 14.2 Å². The van der Waals surface area contributed by atoms with Crippen molar-refractivity contribution in [2.24, 2.45) is 0 Å². The molecule has 1 aliphatic rings. The van der Waals surface area contributed by atoms with Crippen LogP contribution in [0.25, 0.3) is 10.8 Å². The molecule has 3 rings (SSSR count). The molecule has 2 N–H and O–H groups in total. The van der Waals surface area contributed by atoms with Crippen molar-refractivity contribution in [1.82, 2.24) is 5.06 Å². The van der Waals surface area contributed by atoms with Crippen LogP contribution in [0.2, 0.25) is 0 Å². The number of hydroxylamine groups is 2. The summed E-state index contributed by atoms with van der Waals surface area (Å²) < 4.78 is 15.4. The number of benzene rings is 2. The van der Waals surface area contributed by atoms with Gasteiger partial charge < -0.3 is 9.79 Å². The Morgan fingerprint density at radius 3 is 2.04 bits per heavy atom. The maximum absolute atomic E-state index is 12.6. The Balaban J connectivity index is 2.35. The van der Waals surface area contributed by atoms with Gasteiger partial charge in [-0.3, -0.25) is 9.59 Å². The molecule has 0 spiro atoms. The molecule has 0 aliphatic carbocycles. The number of fused-ring (bicyclic) bond motifs is 3. The van der Waals surface area contributed by atoms with Gasteiger partial charge in [-0.25, -0.2) is 4.57 Å². The van der Waals surface area contributed by atoms with E-state index in [2.05, 4.69) is 4.62 Å². The molecule has 2 amide bonds. The van der Waals surface area contributed by atoms with Gasteiger partial charge in [-0.1, -0.05) is 38.1 Å². The lowest BCUT2D eigenvalue weighted by Crippen LogP contribution is -2.29. The van der Waals surface area contributed by atoms with E-state index in [1.54, 1.807) is 12.1 Å². The minimum atomic E-state index is -5.04. The molecule has 24 heavy (non-hydrogen) atoms. The van der Waals surface area contributed by atoms with Crippen molar-refractivity contribution in [3.05, 3.63) is 46.5 Å². The summed E-state index contributed by atoms with van der Waals surface area (Å²) >= 11 is 0. The number of aryl methyl sites for hydroxylation is 1. The van der Waals surface area contributed by atoms with Gasteiger partial charge in [0.15, 0.2) is 0 Å². The third-order valence-electron chi connectivity index (χ3n) is 4.13. The van der Waals surface area contributed by atoms with Crippen molar-refractivity contribution < 1.29 is 28.6 Å². The number of amides is 2. The third kappa shape index (κ3) is 2.46. The molecule has 2 aromatic rings. The maximum atomic E-state index is 12.6. The fourth-order valence-electron chi connectivity index (χ4n) is 3.29. The van der Waals surface area contributed by atoms with Crippen LogP contribution >= 0.6 is 7.82 Å². The Hall–Kier alpha value is -2.05. The molecule has 2 aromatic carbocycles. The molecule has 0 radical (unpaired) electrons. The Morgan fingerprint density at radius 2 is 1.50 bits per heavy atom. The SMILES string of the molecule is CCc1c2c(c3ccccc3c1CC)C(=O)N(OP(=O)(O)O)C2=O. The zero-order valence-corrected chi connectivity index (χ0v) is 14.0. The lowest BCUT2D eigenvalue weighted by Gasteiger charge is -2.14. The number of phosphoric acid groups is 1. The van der Waals surface area contributed by atoms with Crippen molar-refractivity contribution in [2.75, 3.05) is 0 Å². The summed E-state index contributed by atoms with van der Waals surface area (Å²) in [5.41, 5.74) is 1.97. The van der Waals surface area contributed by atoms with E-state index in [-0.39, 0.29) is 16.2 Å². The first kappa shape index (κ1) is 16.8. The summed E-state index contributed by atoms with van der Waals surface area (Å²) in [6.45, 7) is 3.83. The Bertz CT molecular complexity index is 916. The summed E-state index contributed by atoms with van der Waals surface area (Å²) in [6.07, 6.45) is 1.18. The van der Waals surface area contributed by atoms with E-state index in [0.29, 0.717) is 23.8 Å². The number of carbonyl (C=O) groups is 2. The summed E-state index contributed by atoms with van der Waals surface area (Å²) in [7, 11) is -5.04. The van der Waals surface area contributed by atoms with Crippen molar-refractivity contribution in [3.8, 4) is 0 Å². The summed E-state index contributed by atoms with van der Waals surface area (Å²) in [5.74, 6) is -1.69. The molecule has 126 valence electrons. The number of nitrogens with zero attached hydrogens (tertiary/aromatic N) is 1. The molecule has 0 saturated carbocycles. The van der Waals surface area contributed by atoms with Crippen LogP contribution in [0.1, 0.15) is 45.7 Å². The van der Waals surface area contributed by atoms with Crippen molar-refractivity contribution in [1.29, 1.82) is 0 Å².